The Kier molecular flexibility index (Phi) is 4.67. The first-order valence-corrected chi connectivity index (χ1v) is 6.79. The van der Waals surface area contributed by atoms with Crippen LogP contribution in [-0.4, -0.2) is 41.3 Å². The zero-order valence-corrected chi connectivity index (χ0v) is 11.9. The summed E-state index contributed by atoms with van der Waals surface area (Å²) < 4.78 is 6.89. The lowest BCUT2D eigenvalue weighted by Gasteiger charge is -2.14. The van der Waals surface area contributed by atoms with Crippen molar-refractivity contribution in [3.63, 3.8) is 0 Å². The molecular formula is C13H17ClN2O4. The van der Waals surface area contributed by atoms with Gasteiger partial charge in [-0.05, 0) is 18.9 Å². The number of rotatable bonds is 7. The van der Waals surface area contributed by atoms with Gasteiger partial charge in [0.05, 0.1) is 17.5 Å². The molecule has 1 aromatic heterocycles. The molecule has 20 heavy (non-hydrogen) atoms. The molecule has 1 fully saturated rings. The fourth-order valence-electron chi connectivity index (χ4n) is 2.01. The van der Waals surface area contributed by atoms with Crippen molar-refractivity contribution in [3.8, 4) is 0 Å². The predicted molar refractivity (Wildman–Crippen MR) is 73.1 cm³/mol. The second-order valence-corrected chi connectivity index (χ2v) is 5.28. The monoisotopic (exact) mass is 300 g/mol. The summed E-state index contributed by atoms with van der Waals surface area (Å²) in [5.41, 5.74) is 0.502. The highest BCUT2D eigenvalue weighted by molar-refractivity contribution is 6.31. The summed E-state index contributed by atoms with van der Waals surface area (Å²) in [4.78, 5) is 22.7. The first-order chi connectivity index (χ1) is 9.51. The van der Waals surface area contributed by atoms with Gasteiger partial charge in [0, 0.05) is 25.9 Å². The van der Waals surface area contributed by atoms with Gasteiger partial charge >= 0.3 is 5.97 Å². The highest BCUT2D eigenvalue weighted by Gasteiger charge is 2.28. The summed E-state index contributed by atoms with van der Waals surface area (Å²) >= 11 is 5.94. The molecule has 0 spiro atoms. The first-order valence-electron chi connectivity index (χ1n) is 6.41. The Morgan fingerprint density at radius 3 is 2.85 bits per heavy atom. The fraction of sp³-hybridized carbons (Fsp3) is 0.538. The number of aliphatic carboxylic acids is 1. The predicted octanol–water partition coefficient (Wildman–Crippen LogP) is 1.70. The molecule has 1 aromatic rings. The van der Waals surface area contributed by atoms with E-state index in [4.69, 9.17) is 21.4 Å². The van der Waals surface area contributed by atoms with E-state index in [-0.39, 0.29) is 18.9 Å². The molecule has 110 valence electrons. The van der Waals surface area contributed by atoms with Gasteiger partial charge in [0.1, 0.15) is 5.69 Å². The molecule has 0 radical (unpaired) electrons. The number of nitrogens with zero attached hydrogens (tertiary/aromatic N) is 1. The maximum absolute atomic E-state index is 12.1. The Morgan fingerprint density at radius 2 is 2.30 bits per heavy atom. The Hall–Kier alpha value is -1.53. The van der Waals surface area contributed by atoms with E-state index >= 15 is 0 Å². The maximum Gasteiger partial charge on any atom is 0.306 e. The summed E-state index contributed by atoms with van der Waals surface area (Å²) in [5, 5.41) is 11.9. The van der Waals surface area contributed by atoms with Crippen LogP contribution in [-0.2, 0) is 9.53 Å². The van der Waals surface area contributed by atoms with Gasteiger partial charge in [-0.2, -0.15) is 0 Å². The molecule has 1 heterocycles. The lowest BCUT2D eigenvalue weighted by atomic mass is 10.2. The van der Waals surface area contributed by atoms with Crippen molar-refractivity contribution in [3.05, 3.63) is 23.0 Å². The third-order valence-corrected chi connectivity index (χ3v) is 3.42. The molecule has 0 aliphatic heterocycles. The lowest BCUT2D eigenvalue weighted by Crippen LogP contribution is -2.35. The molecule has 0 aromatic carbocycles. The van der Waals surface area contributed by atoms with Crippen LogP contribution in [0.1, 0.15) is 35.8 Å². The summed E-state index contributed by atoms with van der Waals surface area (Å²) in [5.74, 6) is -1.23. The zero-order chi connectivity index (χ0) is 14.7. The van der Waals surface area contributed by atoms with Crippen molar-refractivity contribution in [2.45, 2.75) is 31.4 Å². The van der Waals surface area contributed by atoms with Crippen molar-refractivity contribution in [2.75, 3.05) is 13.7 Å². The van der Waals surface area contributed by atoms with Crippen LogP contribution in [0.2, 0.25) is 5.02 Å². The van der Waals surface area contributed by atoms with Crippen LogP contribution < -0.4 is 5.32 Å². The Morgan fingerprint density at radius 1 is 1.60 bits per heavy atom. The standard InChI is InChI=1S/C13H17ClN2O4/c1-20-10(5-12(17)18)6-15-13(19)11-4-8(14)7-16(11)9-2-3-9/h4,7,9-10H,2-3,5-6H2,1H3,(H,15,19)(H,17,18). The highest BCUT2D eigenvalue weighted by Crippen LogP contribution is 2.37. The number of carbonyl (C=O) groups is 2. The molecule has 1 saturated carbocycles. The van der Waals surface area contributed by atoms with E-state index in [2.05, 4.69) is 5.32 Å². The van der Waals surface area contributed by atoms with E-state index in [0.29, 0.717) is 16.8 Å². The number of nitrogens with one attached hydrogen (secondary N) is 1. The normalized spacial score (nSPS) is 15.9. The minimum Gasteiger partial charge on any atom is -0.481 e. The van der Waals surface area contributed by atoms with E-state index in [1.165, 1.54) is 7.11 Å². The van der Waals surface area contributed by atoms with Crippen LogP contribution in [0.4, 0.5) is 0 Å². The average Bonchev–Trinajstić information content (AvgIpc) is 3.16. The quantitative estimate of drug-likeness (QED) is 0.803. The van der Waals surface area contributed by atoms with Gasteiger partial charge in [0.2, 0.25) is 0 Å². The van der Waals surface area contributed by atoms with Crippen LogP contribution in [0, 0.1) is 0 Å². The number of carboxylic acids is 1. The highest BCUT2D eigenvalue weighted by atomic mass is 35.5. The summed E-state index contributed by atoms with van der Waals surface area (Å²) in [6.07, 6.45) is 3.15. The van der Waals surface area contributed by atoms with E-state index < -0.39 is 12.1 Å². The molecule has 1 amide bonds. The number of amides is 1. The van der Waals surface area contributed by atoms with Crippen molar-refractivity contribution in [1.82, 2.24) is 9.88 Å². The molecule has 1 aliphatic rings. The third kappa shape index (κ3) is 3.74. The minimum absolute atomic E-state index is 0.148. The maximum atomic E-state index is 12.1. The molecule has 0 saturated heterocycles. The van der Waals surface area contributed by atoms with Crippen LogP contribution in [0.5, 0.6) is 0 Å². The number of carboxylic acid groups (broad SMARTS) is 1. The average molecular weight is 301 g/mol. The van der Waals surface area contributed by atoms with E-state index in [1.54, 1.807) is 12.3 Å². The summed E-state index contributed by atoms with van der Waals surface area (Å²) in [6, 6.07) is 1.97. The summed E-state index contributed by atoms with van der Waals surface area (Å²) in [7, 11) is 1.42. The van der Waals surface area contributed by atoms with E-state index in [0.717, 1.165) is 12.8 Å². The number of methoxy groups -OCH3 is 1. The van der Waals surface area contributed by atoms with Crippen LogP contribution in [0.15, 0.2) is 12.3 Å². The van der Waals surface area contributed by atoms with Crippen LogP contribution in [0.3, 0.4) is 0 Å². The lowest BCUT2D eigenvalue weighted by molar-refractivity contribution is -0.139. The third-order valence-electron chi connectivity index (χ3n) is 3.21. The Bertz CT molecular complexity index is 510. The van der Waals surface area contributed by atoms with Gasteiger partial charge in [-0.1, -0.05) is 11.6 Å². The molecule has 1 unspecified atom stereocenters. The molecule has 1 aliphatic carbocycles. The van der Waals surface area contributed by atoms with Gasteiger partial charge in [0.25, 0.3) is 5.91 Å². The number of hydrogen-bond acceptors (Lipinski definition) is 3. The fourth-order valence-corrected chi connectivity index (χ4v) is 2.22. The van der Waals surface area contributed by atoms with Crippen LogP contribution in [0.25, 0.3) is 0 Å². The molecule has 2 rings (SSSR count). The first kappa shape index (κ1) is 14.9. The Balaban J connectivity index is 1.96. The second kappa shape index (κ2) is 6.28. The summed E-state index contributed by atoms with van der Waals surface area (Å²) in [6.45, 7) is 0.148. The van der Waals surface area contributed by atoms with Crippen molar-refractivity contribution < 1.29 is 19.4 Å². The molecular weight excluding hydrogens is 284 g/mol. The minimum atomic E-state index is -0.963. The van der Waals surface area contributed by atoms with E-state index in [9.17, 15) is 9.59 Å². The van der Waals surface area contributed by atoms with Gasteiger partial charge in [-0.15, -0.1) is 0 Å². The van der Waals surface area contributed by atoms with Gasteiger partial charge in [-0.25, -0.2) is 0 Å². The molecule has 1 atom stereocenters. The van der Waals surface area contributed by atoms with Gasteiger partial charge < -0.3 is 19.7 Å². The SMILES string of the molecule is COC(CNC(=O)c1cc(Cl)cn1C1CC1)CC(=O)O. The van der Waals surface area contributed by atoms with Crippen LogP contribution >= 0.6 is 11.6 Å². The number of aromatic nitrogens is 1. The van der Waals surface area contributed by atoms with Crippen molar-refractivity contribution in [1.29, 1.82) is 0 Å². The smallest absolute Gasteiger partial charge is 0.306 e. The van der Waals surface area contributed by atoms with Crippen molar-refractivity contribution in [2.24, 2.45) is 0 Å². The molecule has 7 heteroatoms. The van der Waals surface area contributed by atoms with E-state index in [1.807, 2.05) is 4.57 Å². The van der Waals surface area contributed by atoms with Gasteiger partial charge in [-0.3, -0.25) is 9.59 Å². The van der Waals surface area contributed by atoms with Crippen molar-refractivity contribution >= 4 is 23.5 Å². The second-order valence-electron chi connectivity index (χ2n) is 4.85. The molecule has 0 bridgehead atoms. The molecule has 2 N–H and O–H groups in total. The number of hydrogen-bond donors (Lipinski definition) is 2. The topological polar surface area (TPSA) is 80.6 Å². The van der Waals surface area contributed by atoms with Gasteiger partial charge in [0.15, 0.2) is 0 Å². The number of carbonyl (C=O) groups excluding carboxylic acids is 1. The Labute approximate surface area is 121 Å². The number of ether oxygens (including phenoxy) is 1. The zero-order valence-electron chi connectivity index (χ0n) is 11.1. The molecule has 6 nitrogen and oxygen atoms in total. The largest absolute Gasteiger partial charge is 0.481 e. The number of halogens is 1.